The Balaban J connectivity index is 2.39. The molecule has 76 valence electrons. The summed E-state index contributed by atoms with van der Waals surface area (Å²) in [6.07, 6.45) is 0. The molecule has 0 amide bonds. The van der Waals surface area contributed by atoms with Crippen molar-refractivity contribution in [2.75, 3.05) is 0 Å². The zero-order valence-electron chi connectivity index (χ0n) is 9.03. The Labute approximate surface area is 94.7 Å². The van der Waals surface area contributed by atoms with E-state index in [9.17, 15) is 0 Å². The zero-order chi connectivity index (χ0) is 10.9. The van der Waals surface area contributed by atoms with Gasteiger partial charge in [0, 0.05) is 5.56 Å². The summed E-state index contributed by atoms with van der Waals surface area (Å²) >= 11 is 1.25. The minimum Gasteiger partial charge on any atom is -0.173 e. The lowest BCUT2D eigenvalue weighted by molar-refractivity contribution is 1.61. The quantitative estimate of drug-likeness (QED) is 0.515. The predicted octanol–water partition coefficient (Wildman–Crippen LogP) is 2.92. The van der Waals surface area contributed by atoms with Crippen molar-refractivity contribution >= 4 is 30.8 Å². The Morgan fingerprint density at radius 2 is 1.87 bits per heavy atom. The van der Waals surface area contributed by atoms with Crippen LogP contribution >= 0.6 is 11.7 Å². The van der Waals surface area contributed by atoms with Crippen LogP contribution in [0.3, 0.4) is 0 Å². The summed E-state index contributed by atoms with van der Waals surface area (Å²) in [7, 11) is -1.29. The van der Waals surface area contributed by atoms with E-state index in [0.29, 0.717) is 0 Å². The molecule has 0 saturated carbocycles. The molecule has 2 rings (SSSR count). The van der Waals surface area contributed by atoms with Crippen molar-refractivity contribution in [1.82, 2.24) is 8.75 Å². The number of hydrogen-bond donors (Lipinski definition) is 0. The number of aromatic nitrogens is 2. The SMILES string of the molecule is C[Si](C)(C)C#Cc1ccc2nsnc2c1. The third-order valence-corrected chi connectivity index (χ3v) is 3.27. The number of benzene rings is 1. The second-order valence-electron chi connectivity index (χ2n) is 4.47. The molecule has 0 atom stereocenters. The molecule has 0 aliphatic heterocycles. The van der Waals surface area contributed by atoms with Crippen LogP contribution in [-0.4, -0.2) is 16.8 Å². The minimum atomic E-state index is -1.29. The van der Waals surface area contributed by atoms with E-state index in [1.807, 2.05) is 18.2 Å². The largest absolute Gasteiger partial charge is 0.173 e. The standard InChI is InChI=1S/C11H12N2SSi/c1-15(2,3)7-6-9-4-5-10-11(8-9)13-14-12-10/h4-5,8H,1-3H3. The number of nitrogens with zero attached hydrogens (tertiary/aromatic N) is 2. The van der Waals surface area contributed by atoms with E-state index < -0.39 is 8.07 Å². The molecule has 0 unspecified atom stereocenters. The van der Waals surface area contributed by atoms with Gasteiger partial charge in [0.05, 0.1) is 11.7 Å². The monoisotopic (exact) mass is 232 g/mol. The van der Waals surface area contributed by atoms with Crippen molar-refractivity contribution in [3.8, 4) is 11.5 Å². The fraction of sp³-hybridized carbons (Fsp3) is 0.273. The molecule has 0 N–H and O–H groups in total. The first kappa shape index (κ1) is 10.3. The maximum Gasteiger partial charge on any atom is 0.129 e. The van der Waals surface area contributed by atoms with Crippen molar-refractivity contribution in [3.63, 3.8) is 0 Å². The fourth-order valence-corrected chi connectivity index (χ4v) is 2.16. The van der Waals surface area contributed by atoms with Gasteiger partial charge in [0.2, 0.25) is 0 Å². The Hall–Kier alpha value is -1.18. The number of hydrogen-bond acceptors (Lipinski definition) is 3. The Kier molecular flexibility index (Phi) is 2.59. The number of rotatable bonds is 0. The average molecular weight is 232 g/mol. The highest BCUT2D eigenvalue weighted by Crippen LogP contribution is 2.12. The van der Waals surface area contributed by atoms with E-state index in [2.05, 4.69) is 39.9 Å². The molecule has 0 spiro atoms. The zero-order valence-corrected chi connectivity index (χ0v) is 10.9. The normalized spacial score (nSPS) is 11.1. The molecule has 0 radical (unpaired) electrons. The predicted molar refractivity (Wildman–Crippen MR) is 67.6 cm³/mol. The highest BCUT2D eigenvalue weighted by Gasteiger charge is 2.07. The van der Waals surface area contributed by atoms with Crippen LogP contribution in [0.1, 0.15) is 5.56 Å². The molecule has 0 aliphatic carbocycles. The highest BCUT2D eigenvalue weighted by atomic mass is 32.1. The third-order valence-electron chi connectivity index (χ3n) is 1.84. The molecule has 0 fully saturated rings. The molecular formula is C11H12N2SSi. The molecular weight excluding hydrogens is 220 g/mol. The maximum absolute atomic E-state index is 4.20. The summed E-state index contributed by atoms with van der Waals surface area (Å²) in [5.74, 6) is 3.22. The number of fused-ring (bicyclic) bond motifs is 1. The lowest BCUT2D eigenvalue weighted by Crippen LogP contribution is -2.16. The van der Waals surface area contributed by atoms with Gasteiger partial charge in [0.25, 0.3) is 0 Å². The van der Waals surface area contributed by atoms with Crippen LogP contribution in [0, 0.1) is 11.5 Å². The molecule has 4 heteroatoms. The summed E-state index contributed by atoms with van der Waals surface area (Å²) in [5, 5.41) is 0. The van der Waals surface area contributed by atoms with E-state index >= 15 is 0 Å². The van der Waals surface area contributed by atoms with Crippen LogP contribution in [0.15, 0.2) is 18.2 Å². The maximum atomic E-state index is 4.20. The highest BCUT2D eigenvalue weighted by molar-refractivity contribution is 7.00. The first-order chi connectivity index (χ1) is 7.04. The average Bonchev–Trinajstić information content (AvgIpc) is 2.60. The molecule has 0 bridgehead atoms. The molecule has 15 heavy (non-hydrogen) atoms. The summed E-state index contributed by atoms with van der Waals surface area (Å²) in [5.41, 5.74) is 6.28. The van der Waals surface area contributed by atoms with Crippen LogP contribution in [-0.2, 0) is 0 Å². The lowest BCUT2D eigenvalue weighted by Gasteiger charge is -2.03. The van der Waals surface area contributed by atoms with Crippen molar-refractivity contribution in [2.24, 2.45) is 0 Å². The van der Waals surface area contributed by atoms with Gasteiger partial charge in [0.15, 0.2) is 0 Å². The van der Waals surface area contributed by atoms with E-state index in [-0.39, 0.29) is 0 Å². The first-order valence-corrected chi connectivity index (χ1v) is 9.03. The topological polar surface area (TPSA) is 25.8 Å². The van der Waals surface area contributed by atoms with Crippen molar-refractivity contribution < 1.29 is 0 Å². The van der Waals surface area contributed by atoms with E-state index in [1.54, 1.807) is 0 Å². The van der Waals surface area contributed by atoms with Crippen molar-refractivity contribution in [2.45, 2.75) is 19.6 Å². The van der Waals surface area contributed by atoms with E-state index in [0.717, 1.165) is 16.6 Å². The summed E-state index contributed by atoms with van der Waals surface area (Å²) < 4.78 is 8.36. The van der Waals surface area contributed by atoms with E-state index in [1.165, 1.54) is 11.7 Å². The third kappa shape index (κ3) is 2.64. The van der Waals surface area contributed by atoms with Gasteiger partial charge in [-0.15, -0.1) is 5.54 Å². The molecule has 0 saturated heterocycles. The van der Waals surface area contributed by atoms with Crippen LogP contribution in [0.5, 0.6) is 0 Å². The Bertz CT molecular complexity index is 543. The summed E-state index contributed by atoms with van der Waals surface area (Å²) in [6, 6.07) is 6.00. The van der Waals surface area contributed by atoms with Gasteiger partial charge in [-0.05, 0) is 18.2 Å². The molecule has 0 aliphatic rings. The van der Waals surface area contributed by atoms with Gasteiger partial charge in [-0.3, -0.25) is 0 Å². The van der Waals surface area contributed by atoms with Gasteiger partial charge in [-0.2, -0.15) is 8.75 Å². The molecule has 1 heterocycles. The summed E-state index contributed by atoms with van der Waals surface area (Å²) in [6.45, 7) is 6.72. The van der Waals surface area contributed by atoms with E-state index in [4.69, 9.17) is 0 Å². The molecule has 1 aromatic carbocycles. The molecule has 2 aromatic rings. The smallest absolute Gasteiger partial charge is 0.129 e. The van der Waals surface area contributed by atoms with Gasteiger partial charge < -0.3 is 0 Å². The van der Waals surface area contributed by atoms with Crippen LogP contribution < -0.4 is 0 Å². The van der Waals surface area contributed by atoms with Crippen LogP contribution in [0.2, 0.25) is 19.6 Å². The summed E-state index contributed by atoms with van der Waals surface area (Å²) in [4.78, 5) is 0. The van der Waals surface area contributed by atoms with Gasteiger partial charge in [0.1, 0.15) is 19.1 Å². The minimum absolute atomic E-state index is 0.947. The van der Waals surface area contributed by atoms with Crippen LogP contribution in [0.4, 0.5) is 0 Å². The Morgan fingerprint density at radius 1 is 1.13 bits per heavy atom. The van der Waals surface area contributed by atoms with Gasteiger partial charge in [-0.1, -0.05) is 25.6 Å². The van der Waals surface area contributed by atoms with Crippen molar-refractivity contribution in [1.29, 1.82) is 0 Å². The fourth-order valence-electron chi connectivity index (χ4n) is 1.12. The van der Waals surface area contributed by atoms with Crippen molar-refractivity contribution in [3.05, 3.63) is 23.8 Å². The molecule has 2 nitrogen and oxygen atoms in total. The second-order valence-corrected chi connectivity index (χ2v) is 9.75. The second kappa shape index (κ2) is 3.76. The van der Waals surface area contributed by atoms with Crippen LogP contribution in [0.25, 0.3) is 11.0 Å². The first-order valence-electron chi connectivity index (χ1n) is 4.80. The Morgan fingerprint density at radius 3 is 2.60 bits per heavy atom. The van der Waals surface area contributed by atoms with Gasteiger partial charge in [-0.25, -0.2) is 0 Å². The molecule has 1 aromatic heterocycles. The van der Waals surface area contributed by atoms with Gasteiger partial charge >= 0.3 is 0 Å². The lowest BCUT2D eigenvalue weighted by atomic mass is 10.2.